The molecule has 0 N–H and O–H groups in total. The average molecular weight is 385 g/mol. The maximum absolute atomic E-state index is 12.4. The van der Waals surface area contributed by atoms with Gasteiger partial charge in [0.1, 0.15) is 0 Å². The molecular formula is C19H26Cl2N2O2. The first-order valence-corrected chi connectivity index (χ1v) is 9.32. The number of ketones is 1. The predicted molar refractivity (Wildman–Crippen MR) is 103 cm³/mol. The predicted octanol–water partition coefficient (Wildman–Crippen LogP) is 3.81. The topological polar surface area (TPSA) is 40.6 Å². The second-order valence-corrected chi connectivity index (χ2v) is 7.22. The van der Waals surface area contributed by atoms with Crippen LogP contribution in [0.15, 0.2) is 24.3 Å². The number of carbonyl (C=O) groups is 2. The highest BCUT2D eigenvalue weighted by molar-refractivity contribution is 6.30. The summed E-state index contributed by atoms with van der Waals surface area (Å²) in [7, 11) is 0. The molecule has 3 rings (SSSR count). The SMILES string of the molecule is Cl.O=C(CCC(=O)N1CCN(C2CCCC2)CC1)c1ccc(Cl)cc1. The van der Waals surface area contributed by atoms with E-state index in [0.717, 1.165) is 32.2 Å². The van der Waals surface area contributed by atoms with E-state index in [4.69, 9.17) is 11.6 Å². The van der Waals surface area contributed by atoms with Gasteiger partial charge in [-0.05, 0) is 37.1 Å². The Balaban J connectivity index is 0.00000225. The zero-order valence-corrected chi connectivity index (χ0v) is 16.0. The molecule has 1 heterocycles. The third-order valence-corrected chi connectivity index (χ3v) is 5.49. The molecule has 138 valence electrons. The molecule has 6 heteroatoms. The lowest BCUT2D eigenvalue weighted by molar-refractivity contribution is -0.133. The van der Waals surface area contributed by atoms with Gasteiger partial charge in [0.05, 0.1) is 0 Å². The number of halogens is 2. The van der Waals surface area contributed by atoms with E-state index in [0.29, 0.717) is 17.0 Å². The summed E-state index contributed by atoms with van der Waals surface area (Å²) >= 11 is 5.83. The molecule has 1 aromatic carbocycles. The quantitative estimate of drug-likeness (QED) is 0.724. The van der Waals surface area contributed by atoms with Crippen molar-refractivity contribution in [2.24, 2.45) is 0 Å². The molecule has 0 spiro atoms. The smallest absolute Gasteiger partial charge is 0.223 e. The summed E-state index contributed by atoms with van der Waals surface area (Å²) in [6.45, 7) is 3.54. The molecule has 0 aromatic heterocycles. The zero-order valence-electron chi connectivity index (χ0n) is 14.5. The van der Waals surface area contributed by atoms with E-state index < -0.39 is 0 Å². The van der Waals surface area contributed by atoms with Crippen molar-refractivity contribution in [1.82, 2.24) is 9.80 Å². The van der Waals surface area contributed by atoms with Gasteiger partial charge >= 0.3 is 0 Å². The van der Waals surface area contributed by atoms with Crippen LogP contribution in [0.1, 0.15) is 48.9 Å². The van der Waals surface area contributed by atoms with Crippen molar-refractivity contribution in [3.05, 3.63) is 34.9 Å². The fourth-order valence-electron chi connectivity index (χ4n) is 3.76. The lowest BCUT2D eigenvalue weighted by Crippen LogP contribution is -2.51. The number of amides is 1. The second kappa shape index (κ2) is 9.56. The van der Waals surface area contributed by atoms with Crippen LogP contribution in [0.4, 0.5) is 0 Å². The minimum absolute atomic E-state index is 0. The van der Waals surface area contributed by atoms with Crippen LogP contribution in [-0.4, -0.2) is 53.7 Å². The van der Waals surface area contributed by atoms with Gasteiger partial charge in [-0.3, -0.25) is 14.5 Å². The first-order chi connectivity index (χ1) is 11.6. The molecule has 2 aliphatic rings. The summed E-state index contributed by atoms with van der Waals surface area (Å²) in [5.41, 5.74) is 0.623. The first kappa shape index (κ1) is 20.2. The third kappa shape index (κ3) is 5.44. The Morgan fingerprint density at radius 1 is 0.960 bits per heavy atom. The number of carbonyl (C=O) groups excluding carboxylic acids is 2. The lowest BCUT2D eigenvalue weighted by atomic mass is 10.1. The molecule has 2 fully saturated rings. The van der Waals surface area contributed by atoms with Crippen molar-refractivity contribution < 1.29 is 9.59 Å². The van der Waals surface area contributed by atoms with Gasteiger partial charge in [0.2, 0.25) is 5.91 Å². The Bertz CT molecular complexity index is 578. The molecule has 1 saturated heterocycles. The van der Waals surface area contributed by atoms with Gasteiger partial charge in [0.15, 0.2) is 5.78 Å². The summed E-state index contributed by atoms with van der Waals surface area (Å²) in [5.74, 6) is 0.105. The van der Waals surface area contributed by atoms with E-state index in [2.05, 4.69) is 4.90 Å². The van der Waals surface area contributed by atoms with Crippen molar-refractivity contribution in [3.8, 4) is 0 Å². The fraction of sp³-hybridized carbons (Fsp3) is 0.579. The third-order valence-electron chi connectivity index (χ3n) is 5.24. The normalized spacial score (nSPS) is 18.8. The van der Waals surface area contributed by atoms with Gasteiger partial charge in [0, 0.05) is 55.6 Å². The summed E-state index contributed by atoms with van der Waals surface area (Å²) in [6, 6.07) is 7.58. The molecule has 1 aliphatic heterocycles. The monoisotopic (exact) mass is 384 g/mol. The van der Waals surface area contributed by atoms with Crippen LogP contribution in [0.5, 0.6) is 0 Å². The zero-order chi connectivity index (χ0) is 16.9. The van der Waals surface area contributed by atoms with Gasteiger partial charge in [-0.15, -0.1) is 12.4 Å². The van der Waals surface area contributed by atoms with Crippen molar-refractivity contribution in [1.29, 1.82) is 0 Å². The number of piperazine rings is 1. The van der Waals surface area contributed by atoms with Crippen LogP contribution in [0.25, 0.3) is 0 Å². The largest absolute Gasteiger partial charge is 0.340 e. The fourth-order valence-corrected chi connectivity index (χ4v) is 3.89. The minimum Gasteiger partial charge on any atom is -0.340 e. The molecule has 4 nitrogen and oxygen atoms in total. The Labute approximate surface area is 160 Å². The molecule has 0 bridgehead atoms. The minimum atomic E-state index is 0. The van der Waals surface area contributed by atoms with E-state index in [1.54, 1.807) is 24.3 Å². The van der Waals surface area contributed by atoms with Crippen molar-refractivity contribution >= 4 is 35.7 Å². The van der Waals surface area contributed by atoms with Crippen molar-refractivity contribution in [2.45, 2.75) is 44.6 Å². The number of hydrogen-bond donors (Lipinski definition) is 0. The van der Waals surface area contributed by atoms with E-state index in [1.807, 2.05) is 4.90 Å². The molecule has 0 unspecified atom stereocenters. The summed E-state index contributed by atoms with van der Waals surface area (Å²) in [6.07, 6.45) is 5.87. The Morgan fingerprint density at radius 2 is 1.56 bits per heavy atom. The van der Waals surface area contributed by atoms with Crippen LogP contribution in [0.3, 0.4) is 0 Å². The highest BCUT2D eigenvalue weighted by Crippen LogP contribution is 2.24. The maximum Gasteiger partial charge on any atom is 0.223 e. The number of Topliss-reactive ketones (excluding diaryl/α,β-unsaturated/α-hetero) is 1. The molecule has 25 heavy (non-hydrogen) atoms. The molecule has 0 radical (unpaired) electrons. The Hall–Kier alpha value is -1.10. The van der Waals surface area contributed by atoms with Gasteiger partial charge in [-0.1, -0.05) is 24.4 Å². The molecule has 1 saturated carbocycles. The van der Waals surface area contributed by atoms with Crippen molar-refractivity contribution in [3.63, 3.8) is 0 Å². The number of rotatable bonds is 5. The van der Waals surface area contributed by atoms with E-state index in [-0.39, 0.29) is 30.5 Å². The number of benzene rings is 1. The maximum atomic E-state index is 12.4. The number of hydrogen-bond acceptors (Lipinski definition) is 3. The Morgan fingerprint density at radius 3 is 2.16 bits per heavy atom. The summed E-state index contributed by atoms with van der Waals surface area (Å²) in [4.78, 5) is 29.0. The van der Waals surface area contributed by atoms with Crippen LogP contribution >= 0.6 is 24.0 Å². The van der Waals surface area contributed by atoms with Crippen LogP contribution < -0.4 is 0 Å². The van der Waals surface area contributed by atoms with Crippen LogP contribution in [0, 0.1) is 0 Å². The van der Waals surface area contributed by atoms with E-state index in [1.165, 1.54) is 25.7 Å². The van der Waals surface area contributed by atoms with E-state index in [9.17, 15) is 9.59 Å². The van der Waals surface area contributed by atoms with Gasteiger partial charge < -0.3 is 4.90 Å². The van der Waals surface area contributed by atoms with Crippen molar-refractivity contribution in [2.75, 3.05) is 26.2 Å². The average Bonchev–Trinajstić information content (AvgIpc) is 3.15. The highest BCUT2D eigenvalue weighted by atomic mass is 35.5. The lowest BCUT2D eigenvalue weighted by Gasteiger charge is -2.38. The molecule has 1 aliphatic carbocycles. The molecule has 1 aromatic rings. The van der Waals surface area contributed by atoms with Gasteiger partial charge in [0.25, 0.3) is 0 Å². The summed E-state index contributed by atoms with van der Waals surface area (Å²) in [5, 5.41) is 0.614. The standard InChI is InChI=1S/C19H25ClN2O2.ClH/c20-16-7-5-15(6-8-16)18(23)9-10-19(24)22-13-11-21(12-14-22)17-3-1-2-4-17;/h5-8,17H,1-4,9-14H2;1H. The van der Waals surface area contributed by atoms with Crippen LogP contribution in [-0.2, 0) is 4.79 Å². The highest BCUT2D eigenvalue weighted by Gasteiger charge is 2.27. The van der Waals surface area contributed by atoms with Crippen LogP contribution in [0.2, 0.25) is 5.02 Å². The molecule has 1 amide bonds. The van der Waals surface area contributed by atoms with E-state index >= 15 is 0 Å². The molecule has 0 atom stereocenters. The second-order valence-electron chi connectivity index (χ2n) is 6.79. The number of nitrogens with zero attached hydrogens (tertiary/aromatic N) is 2. The van der Waals surface area contributed by atoms with Gasteiger partial charge in [-0.25, -0.2) is 0 Å². The summed E-state index contributed by atoms with van der Waals surface area (Å²) < 4.78 is 0. The first-order valence-electron chi connectivity index (χ1n) is 8.94. The Kier molecular flexibility index (Phi) is 7.73. The molecular weight excluding hydrogens is 359 g/mol. The van der Waals surface area contributed by atoms with Gasteiger partial charge in [-0.2, -0.15) is 0 Å².